The summed E-state index contributed by atoms with van der Waals surface area (Å²) in [6, 6.07) is 5.85. The van der Waals surface area contributed by atoms with Crippen LogP contribution in [0.5, 0.6) is 0 Å². The lowest BCUT2D eigenvalue weighted by Crippen LogP contribution is -2.40. The summed E-state index contributed by atoms with van der Waals surface area (Å²) < 4.78 is 25.2. The summed E-state index contributed by atoms with van der Waals surface area (Å²) in [6.45, 7) is 0. The van der Waals surface area contributed by atoms with Crippen molar-refractivity contribution in [3.8, 4) is 6.07 Å². The van der Waals surface area contributed by atoms with E-state index in [2.05, 4.69) is 0 Å². The van der Waals surface area contributed by atoms with Gasteiger partial charge in [0.1, 0.15) is 5.82 Å². The number of hydrogen-bond acceptors (Lipinski definition) is 3. The largest absolute Gasteiger partial charge is 0.385 e. The molecule has 2 unspecified atom stereocenters. The van der Waals surface area contributed by atoms with E-state index in [-0.39, 0.29) is 16.1 Å². The molecule has 19 heavy (non-hydrogen) atoms. The van der Waals surface area contributed by atoms with Crippen LogP contribution in [0.1, 0.15) is 36.8 Å². The Morgan fingerprint density at radius 3 is 2.58 bits per heavy atom. The van der Waals surface area contributed by atoms with Gasteiger partial charge < -0.3 is 5.11 Å². The quantitative estimate of drug-likeness (QED) is 0.854. The van der Waals surface area contributed by atoms with Crippen LogP contribution in [0.2, 0.25) is 0 Å². The molecule has 2 saturated heterocycles. The van der Waals surface area contributed by atoms with Crippen LogP contribution in [0.15, 0.2) is 18.2 Å². The normalized spacial score (nSPS) is 37.0. The SMILES string of the molecule is N#Cc1cc(F)ccc1C1(O)CC2CCC(C1)S2=O. The summed E-state index contributed by atoms with van der Waals surface area (Å²) in [6.07, 6.45) is 2.53. The van der Waals surface area contributed by atoms with Crippen LogP contribution < -0.4 is 0 Å². The van der Waals surface area contributed by atoms with Gasteiger partial charge in [-0.25, -0.2) is 4.39 Å². The van der Waals surface area contributed by atoms with Gasteiger partial charge in [0.2, 0.25) is 0 Å². The minimum Gasteiger partial charge on any atom is -0.385 e. The zero-order valence-corrected chi connectivity index (χ0v) is 11.1. The third-order valence-electron chi connectivity index (χ3n) is 4.20. The van der Waals surface area contributed by atoms with Gasteiger partial charge in [-0.1, -0.05) is 6.07 Å². The standard InChI is InChI=1S/C14H14FNO2S/c15-10-1-4-13(9(5-10)8-16)14(17)6-11-2-3-12(7-14)19(11)18/h1,4-5,11-12,17H,2-3,6-7H2. The van der Waals surface area contributed by atoms with Gasteiger partial charge >= 0.3 is 0 Å². The maximum absolute atomic E-state index is 13.2. The van der Waals surface area contributed by atoms with E-state index in [0.29, 0.717) is 18.4 Å². The average Bonchev–Trinajstić information content (AvgIpc) is 2.62. The summed E-state index contributed by atoms with van der Waals surface area (Å²) in [4.78, 5) is 0. The number of aliphatic hydroxyl groups is 1. The monoisotopic (exact) mass is 279 g/mol. The lowest BCUT2D eigenvalue weighted by atomic mass is 9.83. The second-order valence-corrected chi connectivity index (χ2v) is 7.38. The van der Waals surface area contributed by atoms with Gasteiger partial charge in [0.05, 0.1) is 17.2 Å². The van der Waals surface area contributed by atoms with Gasteiger partial charge in [-0.05, 0) is 37.8 Å². The minimum atomic E-state index is -1.14. The molecule has 100 valence electrons. The molecular formula is C14H14FNO2S. The molecule has 2 fully saturated rings. The number of halogens is 1. The molecule has 3 rings (SSSR count). The molecule has 5 heteroatoms. The van der Waals surface area contributed by atoms with Gasteiger partial charge in [-0.3, -0.25) is 4.21 Å². The van der Waals surface area contributed by atoms with Crippen LogP contribution in [-0.4, -0.2) is 19.8 Å². The maximum atomic E-state index is 13.2. The van der Waals surface area contributed by atoms with Crippen molar-refractivity contribution in [2.75, 3.05) is 0 Å². The topological polar surface area (TPSA) is 61.1 Å². The van der Waals surface area contributed by atoms with Crippen molar-refractivity contribution >= 4 is 10.8 Å². The summed E-state index contributed by atoms with van der Waals surface area (Å²) >= 11 is 0. The highest BCUT2D eigenvalue weighted by atomic mass is 32.2. The predicted octanol–water partition coefficient (Wildman–Crippen LogP) is 1.96. The lowest BCUT2D eigenvalue weighted by Gasteiger charge is -2.36. The van der Waals surface area contributed by atoms with Crippen molar-refractivity contribution in [3.05, 3.63) is 35.1 Å². The van der Waals surface area contributed by atoms with Crippen LogP contribution in [0.3, 0.4) is 0 Å². The van der Waals surface area contributed by atoms with E-state index in [1.54, 1.807) is 0 Å². The van der Waals surface area contributed by atoms with Crippen molar-refractivity contribution in [1.82, 2.24) is 0 Å². The molecule has 0 aromatic heterocycles. The molecule has 0 aliphatic carbocycles. The molecule has 3 nitrogen and oxygen atoms in total. The minimum absolute atomic E-state index is 0.000320. The van der Waals surface area contributed by atoms with Crippen LogP contribution in [-0.2, 0) is 16.4 Å². The highest BCUT2D eigenvalue weighted by molar-refractivity contribution is 7.86. The summed E-state index contributed by atoms with van der Waals surface area (Å²) in [5.74, 6) is -0.480. The highest BCUT2D eigenvalue weighted by Crippen LogP contribution is 2.46. The van der Waals surface area contributed by atoms with Crippen LogP contribution in [0.4, 0.5) is 4.39 Å². The third kappa shape index (κ3) is 1.99. The van der Waals surface area contributed by atoms with Crippen molar-refractivity contribution in [2.24, 2.45) is 0 Å². The molecule has 1 aromatic rings. The summed E-state index contributed by atoms with van der Waals surface area (Å²) in [5, 5.41) is 19.9. The maximum Gasteiger partial charge on any atom is 0.124 e. The molecule has 1 N–H and O–H groups in total. The van der Waals surface area contributed by atoms with Gasteiger partial charge in [0.25, 0.3) is 0 Å². The molecule has 0 amide bonds. The van der Waals surface area contributed by atoms with Crippen molar-refractivity contribution < 1.29 is 13.7 Å². The zero-order chi connectivity index (χ0) is 13.6. The van der Waals surface area contributed by atoms with E-state index >= 15 is 0 Å². The molecule has 2 aliphatic heterocycles. The van der Waals surface area contributed by atoms with Crippen molar-refractivity contribution in [3.63, 3.8) is 0 Å². The van der Waals surface area contributed by atoms with E-state index in [1.165, 1.54) is 12.1 Å². The molecule has 2 atom stereocenters. The molecule has 2 heterocycles. The Morgan fingerprint density at radius 1 is 1.37 bits per heavy atom. The first-order chi connectivity index (χ1) is 9.03. The Bertz CT molecular complexity index is 580. The average molecular weight is 279 g/mol. The van der Waals surface area contributed by atoms with E-state index in [0.717, 1.165) is 18.9 Å². The fraction of sp³-hybridized carbons (Fsp3) is 0.500. The van der Waals surface area contributed by atoms with E-state index < -0.39 is 22.2 Å². The molecule has 0 radical (unpaired) electrons. The fourth-order valence-electron chi connectivity index (χ4n) is 3.32. The Hall–Kier alpha value is -1.25. The smallest absolute Gasteiger partial charge is 0.124 e. The van der Waals surface area contributed by atoms with Gasteiger partial charge in [-0.2, -0.15) is 5.26 Å². The molecule has 2 aliphatic rings. The first-order valence-electron chi connectivity index (χ1n) is 6.35. The van der Waals surface area contributed by atoms with E-state index in [4.69, 9.17) is 5.26 Å². The van der Waals surface area contributed by atoms with E-state index in [1.807, 2.05) is 6.07 Å². The predicted molar refractivity (Wildman–Crippen MR) is 69.2 cm³/mol. The van der Waals surface area contributed by atoms with Crippen LogP contribution >= 0.6 is 0 Å². The number of fused-ring (bicyclic) bond motifs is 2. The van der Waals surface area contributed by atoms with Gasteiger partial charge in [-0.15, -0.1) is 0 Å². The number of nitriles is 1. The molecule has 0 spiro atoms. The number of rotatable bonds is 1. The highest BCUT2D eigenvalue weighted by Gasteiger charge is 2.49. The third-order valence-corrected chi connectivity index (χ3v) is 6.32. The van der Waals surface area contributed by atoms with E-state index in [9.17, 15) is 13.7 Å². The van der Waals surface area contributed by atoms with Gasteiger partial charge in [0, 0.05) is 26.9 Å². The summed E-state index contributed by atoms with van der Waals surface area (Å²) in [5.41, 5.74) is -0.488. The van der Waals surface area contributed by atoms with Crippen LogP contribution in [0.25, 0.3) is 0 Å². The Morgan fingerprint density at radius 2 is 2.00 bits per heavy atom. The first kappa shape index (κ1) is 12.8. The van der Waals surface area contributed by atoms with Crippen molar-refractivity contribution in [1.29, 1.82) is 5.26 Å². The zero-order valence-electron chi connectivity index (χ0n) is 10.3. The molecule has 0 saturated carbocycles. The number of benzene rings is 1. The van der Waals surface area contributed by atoms with Crippen LogP contribution in [0, 0.1) is 17.1 Å². The fourth-order valence-corrected chi connectivity index (χ4v) is 5.48. The van der Waals surface area contributed by atoms with Gasteiger partial charge in [0.15, 0.2) is 0 Å². The Labute approximate surface area is 113 Å². The molecule has 1 aromatic carbocycles. The van der Waals surface area contributed by atoms with Crippen molar-refractivity contribution in [2.45, 2.75) is 41.8 Å². The number of hydrogen-bond donors (Lipinski definition) is 1. The number of nitrogens with zero attached hydrogens (tertiary/aromatic N) is 1. The lowest BCUT2D eigenvalue weighted by molar-refractivity contribution is 0.0181. The second-order valence-electron chi connectivity index (χ2n) is 5.39. The molecular weight excluding hydrogens is 265 g/mol. The summed E-state index contributed by atoms with van der Waals surface area (Å²) in [7, 11) is -0.869. The molecule has 2 bridgehead atoms. The Kier molecular flexibility index (Phi) is 2.95. The second kappa shape index (κ2) is 4.39. The first-order valence-corrected chi connectivity index (χ1v) is 7.63. The Balaban J connectivity index is 2.03.